The van der Waals surface area contributed by atoms with Crippen molar-refractivity contribution in [2.45, 2.75) is 0 Å². The van der Waals surface area contributed by atoms with Crippen LogP contribution in [0.3, 0.4) is 0 Å². The van der Waals surface area contributed by atoms with Crippen LogP contribution in [-0.4, -0.2) is 21.3 Å². The summed E-state index contributed by atoms with van der Waals surface area (Å²) in [7, 11) is 0.791. The lowest BCUT2D eigenvalue weighted by Crippen LogP contribution is -2.24. The van der Waals surface area contributed by atoms with Crippen molar-refractivity contribution < 1.29 is 17.9 Å². The van der Waals surface area contributed by atoms with E-state index in [2.05, 4.69) is 24.6 Å². The molecule has 0 unspecified atom stereocenters. The van der Waals surface area contributed by atoms with Crippen molar-refractivity contribution in [1.82, 2.24) is 0 Å². The third kappa shape index (κ3) is 2.06. The summed E-state index contributed by atoms with van der Waals surface area (Å²) in [4.78, 5) is 0. The van der Waals surface area contributed by atoms with Gasteiger partial charge in [0.25, 0.3) is 0 Å². The van der Waals surface area contributed by atoms with E-state index >= 15 is 0 Å². The molecule has 7 heteroatoms. The number of halogens is 1. The first-order chi connectivity index (χ1) is 4.08. The summed E-state index contributed by atoms with van der Waals surface area (Å²) in [5.41, 5.74) is 0. The molecule has 0 radical (unpaired) electrons. The molecule has 0 aromatic heterocycles. The fraction of sp³-hybridized carbons (Fsp3) is 0.500. The average molecular weight is 172 g/mol. The molecule has 1 fully saturated rings. The molecule has 9 heavy (non-hydrogen) atoms. The van der Waals surface area contributed by atoms with Crippen molar-refractivity contribution >= 4 is 26.0 Å². The number of rotatable bonds is 1. The molecule has 0 aromatic carbocycles. The van der Waals surface area contributed by atoms with Crippen LogP contribution in [0.1, 0.15) is 0 Å². The van der Waals surface area contributed by atoms with Crippen LogP contribution in [0.25, 0.3) is 0 Å². The summed E-state index contributed by atoms with van der Waals surface area (Å²) in [6.45, 7) is 0.0330. The maximum Gasteiger partial charge on any atom is 0.406 e. The van der Waals surface area contributed by atoms with Crippen LogP contribution in [0.5, 0.6) is 0 Å². The number of ether oxygens (including phenoxy) is 2. The second-order valence-electron chi connectivity index (χ2n) is 1.18. The molecule has 1 aliphatic rings. The zero-order chi connectivity index (χ0) is 6.91. The Hall–Kier alpha value is -0.490. The molecule has 0 atom stereocenters. The minimum Gasteiger partial charge on any atom is -0.412 e. The van der Waals surface area contributed by atoms with Crippen molar-refractivity contribution in [3.63, 3.8) is 0 Å². The molecule has 0 aliphatic carbocycles. The summed E-state index contributed by atoms with van der Waals surface area (Å²) in [6, 6.07) is 0. The Morgan fingerprint density at radius 1 is 1.56 bits per heavy atom. The fourth-order valence-corrected chi connectivity index (χ4v) is 0.706. The summed E-state index contributed by atoms with van der Waals surface area (Å²) < 4.78 is 31.7. The lowest BCUT2D eigenvalue weighted by molar-refractivity contribution is -0.0427. The zero-order valence-electron chi connectivity index (χ0n) is 4.07. The Bertz CT molecular complexity index is 225. The van der Waals surface area contributed by atoms with E-state index in [9.17, 15) is 8.42 Å². The normalized spacial score (nSPS) is 17.2. The van der Waals surface area contributed by atoms with Gasteiger partial charge in [-0.2, -0.15) is 8.42 Å². The molecule has 0 bridgehead atoms. The SMILES string of the molecule is O=S(=O)(Cl)N=C1OCO1. The second-order valence-corrected chi connectivity index (χ2v) is 3.35. The van der Waals surface area contributed by atoms with E-state index < -0.39 is 9.24 Å². The van der Waals surface area contributed by atoms with Gasteiger partial charge in [-0.05, 0) is 0 Å². The topological polar surface area (TPSA) is 65.0 Å². The Morgan fingerprint density at radius 2 is 2.11 bits per heavy atom. The molecule has 0 amide bonds. The minimum atomic E-state index is -3.87. The van der Waals surface area contributed by atoms with Crippen LogP contribution in [0.4, 0.5) is 0 Å². The van der Waals surface area contributed by atoms with Crippen LogP contribution >= 0.6 is 10.7 Å². The summed E-state index contributed by atoms with van der Waals surface area (Å²) >= 11 is 0. The Balaban J connectivity index is 2.68. The molecule has 1 saturated heterocycles. The van der Waals surface area contributed by atoms with Crippen molar-refractivity contribution in [2.24, 2.45) is 4.40 Å². The highest BCUT2D eigenvalue weighted by molar-refractivity contribution is 8.12. The third-order valence-electron chi connectivity index (χ3n) is 0.548. The van der Waals surface area contributed by atoms with Gasteiger partial charge < -0.3 is 9.47 Å². The standard InChI is InChI=1S/C2H2ClNO4S/c3-9(5,6)4-2-7-1-8-2/h1H2. The molecule has 52 valence electrons. The van der Waals surface area contributed by atoms with Crippen molar-refractivity contribution in [3.8, 4) is 0 Å². The van der Waals surface area contributed by atoms with Gasteiger partial charge in [-0.3, -0.25) is 0 Å². The van der Waals surface area contributed by atoms with Gasteiger partial charge in [0.2, 0.25) is 6.79 Å². The van der Waals surface area contributed by atoms with E-state index in [-0.39, 0.29) is 12.9 Å². The molecule has 1 heterocycles. The second kappa shape index (κ2) is 2.03. The minimum absolute atomic E-state index is 0.0330. The van der Waals surface area contributed by atoms with Crippen LogP contribution in [0.15, 0.2) is 4.40 Å². The lowest BCUT2D eigenvalue weighted by Gasteiger charge is -2.15. The summed E-state index contributed by atoms with van der Waals surface area (Å²) in [5.74, 6) is 0. The van der Waals surface area contributed by atoms with Crippen molar-refractivity contribution in [1.29, 1.82) is 0 Å². The lowest BCUT2D eigenvalue weighted by atomic mass is 11.1. The molecule has 1 rings (SSSR count). The maximum atomic E-state index is 10.1. The van der Waals surface area contributed by atoms with E-state index in [0.29, 0.717) is 0 Å². The predicted octanol–water partition coefficient (Wildman–Crippen LogP) is -0.170. The van der Waals surface area contributed by atoms with Gasteiger partial charge in [-0.1, -0.05) is 4.40 Å². The van der Waals surface area contributed by atoms with Gasteiger partial charge in [0, 0.05) is 10.7 Å². The number of hydrogen-bond acceptors (Lipinski definition) is 4. The highest BCUT2D eigenvalue weighted by Crippen LogP contribution is 2.05. The molecule has 0 saturated carbocycles. The Morgan fingerprint density at radius 3 is 2.22 bits per heavy atom. The molecule has 5 nitrogen and oxygen atoms in total. The molecule has 0 N–H and O–H groups in total. The summed E-state index contributed by atoms with van der Waals surface area (Å²) in [6.07, 6.45) is -0.301. The fourth-order valence-electron chi connectivity index (χ4n) is 0.253. The van der Waals surface area contributed by atoms with Crippen molar-refractivity contribution in [2.75, 3.05) is 6.79 Å². The molecule has 0 spiro atoms. The van der Waals surface area contributed by atoms with E-state index in [1.807, 2.05) is 0 Å². The van der Waals surface area contributed by atoms with Crippen LogP contribution in [0, 0.1) is 0 Å². The number of nitrogens with zero attached hydrogens (tertiary/aromatic N) is 1. The van der Waals surface area contributed by atoms with Crippen LogP contribution in [0.2, 0.25) is 0 Å². The van der Waals surface area contributed by atoms with Gasteiger partial charge in [-0.25, -0.2) is 0 Å². The van der Waals surface area contributed by atoms with E-state index in [4.69, 9.17) is 0 Å². The van der Waals surface area contributed by atoms with Gasteiger partial charge in [0.1, 0.15) is 0 Å². The highest BCUT2D eigenvalue weighted by atomic mass is 35.7. The first kappa shape index (κ1) is 6.63. The first-order valence-electron chi connectivity index (χ1n) is 1.88. The van der Waals surface area contributed by atoms with Gasteiger partial charge in [0.15, 0.2) is 0 Å². The van der Waals surface area contributed by atoms with Gasteiger partial charge in [-0.15, -0.1) is 0 Å². The third-order valence-corrected chi connectivity index (χ3v) is 1.12. The molecular weight excluding hydrogens is 170 g/mol. The highest BCUT2D eigenvalue weighted by Gasteiger charge is 2.16. The monoisotopic (exact) mass is 171 g/mol. The summed E-state index contributed by atoms with van der Waals surface area (Å²) in [5, 5.41) is 0. The van der Waals surface area contributed by atoms with Crippen LogP contribution < -0.4 is 0 Å². The average Bonchev–Trinajstić information content (AvgIpc) is 1.53. The Labute approximate surface area is 55.8 Å². The van der Waals surface area contributed by atoms with Gasteiger partial charge in [0.05, 0.1) is 0 Å². The largest absolute Gasteiger partial charge is 0.412 e. The molecule has 1 aliphatic heterocycles. The van der Waals surface area contributed by atoms with Crippen LogP contribution in [-0.2, 0) is 18.7 Å². The van der Waals surface area contributed by atoms with E-state index in [1.54, 1.807) is 0 Å². The number of hydrogen-bond donors (Lipinski definition) is 0. The smallest absolute Gasteiger partial charge is 0.406 e. The quantitative estimate of drug-likeness (QED) is 0.514. The molecular formula is C2H2ClNO4S. The zero-order valence-corrected chi connectivity index (χ0v) is 5.65. The maximum absolute atomic E-state index is 10.1. The van der Waals surface area contributed by atoms with E-state index in [1.165, 1.54) is 0 Å². The van der Waals surface area contributed by atoms with Crippen molar-refractivity contribution in [3.05, 3.63) is 0 Å². The first-order valence-corrected chi connectivity index (χ1v) is 4.15. The molecule has 0 aromatic rings. The van der Waals surface area contributed by atoms with E-state index in [0.717, 1.165) is 0 Å². The predicted molar refractivity (Wildman–Crippen MR) is 29.2 cm³/mol. The Kier molecular flexibility index (Phi) is 1.50. The van der Waals surface area contributed by atoms with Gasteiger partial charge >= 0.3 is 15.3 Å².